The highest BCUT2D eigenvalue weighted by atomic mass is 32.1. The highest BCUT2D eigenvalue weighted by Gasteiger charge is 2.18. The molecule has 3 N–H and O–H groups in total. The molecule has 2 amide bonds. The molecular formula is C22H23N3O4S. The van der Waals surface area contributed by atoms with E-state index in [4.69, 9.17) is 4.74 Å². The zero-order chi connectivity index (χ0) is 21.7. The van der Waals surface area contributed by atoms with Crippen molar-refractivity contribution in [3.05, 3.63) is 65.2 Å². The van der Waals surface area contributed by atoms with Gasteiger partial charge in [0.25, 0.3) is 5.91 Å². The number of hydrogen-bond acceptors (Lipinski definition) is 6. The molecule has 0 spiro atoms. The lowest BCUT2D eigenvalue weighted by Crippen LogP contribution is -2.27. The van der Waals surface area contributed by atoms with Crippen molar-refractivity contribution >= 4 is 34.7 Å². The van der Waals surface area contributed by atoms with Gasteiger partial charge in [-0.1, -0.05) is 24.3 Å². The first kappa shape index (κ1) is 21.5. The van der Waals surface area contributed by atoms with Gasteiger partial charge in [0.1, 0.15) is 10.6 Å². The van der Waals surface area contributed by atoms with Gasteiger partial charge in [0.2, 0.25) is 0 Å². The molecule has 0 unspecified atom stereocenters. The van der Waals surface area contributed by atoms with Crippen LogP contribution in [0.1, 0.15) is 36.0 Å². The van der Waals surface area contributed by atoms with Crippen molar-refractivity contribution in [2.45, 2.75) is 33.0 Å². The van der Waals surface area contributed by atoms with Crippen LogP contribution in [0.3, 0.4) is 0 Å². The van der Waals surface area contributed by atoms with E-state index in [0.29, 0.717) is 16.9 Å². The summed E-state index contributed by atoms with van der Waals surface area (Å²) in [6.07, 6.45) is 1.04. The van der Waals surface area contributed by atoms with Crippen LogP contribution in [-0.4, -0.2) is 27.7 Å². The second kappa shape index (κ2) is 9.06. The monoisotopic (exact) mass is 425 g/mol. The topological polar surface area (TPSA) is 101 Å². The van der Waals surface area contributed by atoms with E-state index < -0.39 is 11.7 Å². The van der Waals surface area contributed by atoms with Crippen LogP contribution in [0.5, 0.6) is 0 Å². The van der Waals surface area contributed by atoms with E-state index in [1.807, 2.05) is 0 Å². The molecule has 0 aliphatic rings. The lowest BCUT2D eigenvalue weighted by molar-refractivity contribution is 0.0635. The predicted molar refractivity (Wildman–Crippen MR) is 118 cm³/mol. The molecule has 0 atom stereocenters. The molecule has 0 fully saturated rings. The molecule has 1 aromatic heterocycles. The van der Waals surface area contributed by atoms with Crippen molar-refractivity contribution in [3.8, 4) is 10.6 Å². The lowest BCUT2D eigenvalue weighted by Gasteiger charge is -2.20. The van der Waals surface area contributed by atoms with Gasteiger partial charge in [0, 0.05) is 17.3 Å². The van der Waals surface area contributed by atoms with E-state index in [9.17, 15) is 14.7 Å². The number of aromatic nitrogens is 1. The van der Waals surface area contributed by atoms with Crippen molar-refractivity contribution in [2.24, 2.45) is 0 Å². The minimum absolute atomic E-state index is 0.0467. The maximum absolute atomic E-state index is 12.7. The summed E-state index contributed by atoms with van der Waals surface area (Å²) >= 11 is 1.40. The Morgan fingerprint density at radius 3 is 2.23 bits per heavy atom. The minimum Gasteiger partial charge on any atom is -0.444 e. The molecule has 8 heteroatoms. The smallest absolute Gasteiger partial charge is 0.412 e. The molecule has 30 heavy (non-hydrogen) atoms. The maximum Gasteiger partial charge on any atom is 0.412 e. The van der Waals surface area contributed by atoms with Crippen LogP contribution < -0.4 is 10.6 Å². The second-order valence-corrected chi connectivity index (χ2v) is 8.61. The zero-order valence-electron chi connectivity index (χ0n) is 16.9. The summed E-state index contributed by atoms with van der Waals surface area (Å²) in [6.45, 7) is 5.29. The minimum atomic E-state index is -0.626. The highest BCUT2D eigenvalue weighted by molar-refractivity contribution is 7.15. The molecule has 0 radical (unpaired) electrons. The number of hydrogen-bond donors (Lipinski definition) is 3. The van der Waals surface area contributed by atoms with Gasteiger partial charge in [0.15, 0.2) is 0 Å². The highest BCUT2D eigenvalue weighted by Crippen LogP contribution is 2.26. The molecular weight excluding hydrogens is 402 g/mol. The number of para-hydroxylation sites is 2. The number of carbonyl (C=O) groups is 2. The summed E-state index contributed by atoms with van der Waals surface area (Å²) < 4.78 is 5.27. The second-order valence-electron chi connectivity index (χ2n) is 7.49. The number of anilines is 2. The standard InChI is InChI=1S/C22H23N3O4S/c1-22(2,3)29-21(28)25-18-7-5-4-6-17(18)24-19(27)14-8-10-15(11-9-14)20-23-12-16(13-26)30-20/h4-12,26H,13H2,1-3H3,(H,24,27)(H,25,28). The Morgan fingerprint density at radius 2 is 1.67 bits per heavy atom. The van der Waals surface area contributed by atoms with Gasteiger partial charge < -0.3 is 15.2 Å². The van der Waals surface area contributed by atoms with Crippen molar-refractivity contribution in [2.75, 3.05) is 10.6 Å². The van der Waals surface area contributed by atoms with Crippen LogP contribution >= 0.6 is 11.3 Å². The number of thiazole rings is 1. The van der Waals surface area contributed by atoms with Crippen LogP contribution in [-0.2, 0) is 11.3 Å². The Labute approximate surface area is 178 Å². The normalized spacial score (nSPS) is 11.1. The number of benzene rings is 2. The van der Waals surface area contributed by atoms with Gasteiger partial charge >= 0.3 is 6.09 Å². The first-order chi connectivity index (χ1) is 14.2. The first-order valence-corrected chi connectivity index (χ1v) is 10.1. The van der Waals surface area contributed by atoms with Gasteiger partial charge in [-0.3, -0.25) is 10.1 Å². The van der Waals surface area contributed by atoms with Crippen molar-refractivity contribution in [1.29, 1.82) is 0 Å². The molecule has 2 aromatic carbocycles. The molecule has 156 valence electrons. The molecule has 3 aromatic rings. The number of nitrogens with one attached hydrogen (secondary N) is 2. The van der Waals surface area contributed by atoms with Gasteiger partial charge in [-0.15, -0.1) is 11.3 Å². The SMILES string of the molecule is CC(C)(C)OC(=O)Nc1ccccc1NC(=O)c1ccc(-c2ncc(CO)s2)cc1. The fraction of sp³-hybridized carbons (Fsp3) is 0.227. The van der Waals surface area contributed by atoms with Gasteiger partial charge in [-0.25, -0.2) is 9.78 Å². The zero-order valence-corrected chi connectivity index (χ0v) is 17.7. The number of amides is 2. The molecule has 1 heterocycles. The van der Waals surface area contributed by atoms with Crippen LogP contribution in [0, 0.1) is 0 Å². The third-order valence-electron chi connectivity index (χ3n) is 3.91. The number of nitrogens with zero attached hydrogens (tertiary/aromatic N) is 1. The van der Waals surface area contributed by atoms with E-state index in [2.05, 4.69) is 15.6 Å². The summed E-state index contributed by atoms with van der Waals surface area (Å²) in [5.41, 5.74) is 1.60. The number of aliphatic hydroxyl groups excluding tert-OH is 1. The van der Waals surface area contributed by atoms with Gasteiger partial charge in [0.05, 0.1) is 22.9 Å². The van der Waals surface area contributed by atoms with Crippen LogP contribution in [0.4, 0.5) is 16.2 Å². The summed E-state index contributed by atoms with van der Waals surface area (Å²) in [7, 11) is 0. The number of rotatable bonds is 5. The fourth-order valence-electron chi connectivity index (χ4n) is 2.59. The van der Waals surface area contributed by atoms with E-state index in [-0.39, 0.29) is 12.5 Å². The number of aliphatic hydroxyl groups is 1. The average molecular weight is 426 g/mol. The van der Waals surface area contributed by atoms with Crippen LogP contribution in [0.25, 0.3) is 10.6 Å². The molecule has 0 saturated carbocycles. The van der Waals surface area contributed by atoms with Crippen LogP contribution in [0.15, 0.2) is 54.7 Å². The molecule has 7 nitrogen and oxygen atoms in total. The Morgan fingerprint density at radius 1 is 1.03 bits per heavy atom. The molecule has 0 bridgehead atoms. The molecule has 0 aliphatic heterocycles. The quantitative estimate of drug-likeness (QED) is 0.540. The summed E-state index contributed by atoms with van der Waals surface area (Å²) in [5.74, 6) is -0.310. The Balaban J connectivity index is 1.71. The summed E-state index contributed by atoms with van der Waals surface area (Å²) in [6, 6.07) is 13.9. The fourth-order valence-corrected chi connectivity index (χ4v) is 3.37. The Kier molecular flexibility index (Phi) is 6.49. The predicted octanol–water partition coefficient (Wildman–Crippen LogP) is 4.90. The van der Waals surface area contributed by atoms with Crippen LogP contribution in [0.2, 0.25) is 0 Å². The molecule has 3 rings (SSSR count). The summed E-state index contributed by atoms with van der Waals surface area (Å²) in [4.78, 5) is 29.8. The number of ether oxygens (including phenoxy) is 1. The van der Waals surface area contributed by atoms with E-state index in [0.717, 1.165) is 15.4 Å². The lowest BCUT2D eigenvalue weighted by atomic mass is 10.1. The van der Waals surface area contributed by atoms with Crippen molar-refractivity contribution in [3.63, 3.8) is 0 Å². The van der Waals surface area contributed by atoms with Gasteiger partial charge in [-0.05, 0) is 45.0 Å². The van der Waals surface area contributed by atoms with E-state index in [1.165, 1.54) is 11.3 Å². The van der Waals surface area contributed by atoms with E-state index >= 15 is 0 Å². The number of carbonyl (C=O) groups excluding carboxylic acids is 2. The molecule has 0 saturated heterocycles. The third-order valence-corrected chi connectivity index (χ3v) is 4.95. The van der Waals surface area contributed by atoms with Crippen molar-refractivity contribution in [1.82, 2.24) is 4.98 Å². The molecule has 0 aliphatic carbocycles. The third kappa shape index (κ3) is 5.65. The largest absolute Gasteiger partial charge is 0.444 e. The Hall–Kier alpha value is -3.23. The first-order valence-electron chi connectivity index (χ1n) is 9.31. The van der Waals surface area contributed by atoms with Gasteiger partial charge in [-0.2, -0.15) is 0 Å². The Bertz CT molecular complexity index is 1040. The maximum atomic E-state index is 12.7. The average Bonchev–Trinajstić information content (AvgIpc) is 3.17. The van der Waals surface area contributed by atoms with E-state index in [1.54, 1.807) is 75.5 Å². The van der Waals surface area contributed by atoms with Crippen molar-refractivity contribution < 1.29 is 19.4 Å². The summed E-state index contributed by atoms with van der Waals surface area (Å²) in [5, 5.41) is 15.4.